The molecule has 2 saturated heterocycles. The summed E-state index contributed by atoms with van der Waals surface area (Å²) in [5, 5.41) is 3.84. The third kappa shape index (κ3) is 5.20. The number of hydrogen-bond acceptors (Lipinski definition) is 4. The molecule has 0 bridgehead atoms. The molecular weight excluding hydrogens is 262 g/mol. The Bertz CT molecular complexity index is 292. The lowest BCUT2D eigenvalue weighted by Gasteiger charge is -2.41. The Labute approximate surface area is 131 Å². The van der Waals surface area contributed by atoms with Gasteiger partial charge in [0.05, 0.1) is 12.2 Å². The van der Waals surface area contributed by atoms with Gasteiger partial charge in [0.15, 0.2) is 0 Å². The first-order valence-corrected chi connectivity index (χ1v) is 8.77. The molecule has 4 nitrogen and oxygen atoms in total. The molecule has 0 spiro atoms. The van der Waals surface area contributed by atoms with E-state index >= 15 is 0 Å². The Balaban J connectivity index is 1.82. The Morgan fingerprint density at radius 3 is 2.14 bits per heavy atom. The molecule has 0 radical (unpaired) electrons. The van der Waals surface area contributed by atoms with Crippen LogP contribution in [0.2, 0.25) is 0 Å². The molecule has 3 unspecified atom stereocenters. The lowest BCUT2D eigenvalue weighted by atomic mass is 9.97. The van der Waals surface area contributed by atoms with Crippen molar-refractivity contribution in [2.75, 3.05) is 39.8 Å². The van der Waals surface area contributed by atoms with E-state index in [9.17, 15) is 0 Å². The van der Waals surface area contributed by atoms with Crippen molar-refractivity contribution in [2.45, 2.75) is 64.8 Å². The van der Waals surface area contributed by atoms with E-state index in [2.05, 4.69) is 49.9 Å². The standard InChI is InChI=1S/C17H35N3O/c1-13(2)17(20-8-6-19(5)7-9-20)12-18-16-10-14(3)21-15(4)11-16/h13-18H,6-12H2,1-5H3. The Kier molecular flexibility index (Phi) is 6.48. The van der Waals surface area contributed by atoms with Crippen LogP contribution >= 0.6 is 0 Å². The summed E-state index contributed by atoms with van der Waals surface area (Å²) >= 11 is 0. The van der Waals surface area contributed by atoms with E-state index < -0.39 is 0 Å². The summed E-state index contributed by atoms with van der Waals surface area (Å²) in [5.74, 6) is 0.704. The first kappa shape index (κ1) is 17.2. The molecule has 3 atom stereocenters. The summed E-state index contributed by atoms with van der Waals surface area (Å²) in [5.41, 5.74) is 0. The maximum atomic E-state index is 5.84. The smallest absolute Gasteiger partial charge is 0.0565 e. The van der Waals surface area contributed by atoms with Crippen LogP contribution in [0, 0.1) is 5.92 Å². The number of hydrogen-bond donors (Lipinski definition) is 1. The van der Waals surface area contributed by atoms with Crippen molar-refractivity contribution in [3.63, 3.8) is 0 Å². The third-order valence-electron chi connectivity index (χ3n) is 5.09. The molecule has 21 heavy (non-hydrogen) atoms. The molecule has 2 fully saturated rings. The van der Waals surface area contributed by atoms with E-state index in [1.54, 1.807) is 0 Å². The highest BCUT2D eigenvalue weighted by Crippen LogP contribution is 2.20. The van der Waals surface area contributed by atoms with Gasteiger partial charge in [0.2, 0.25) is 0 Å². The first-order valence-electron chi connectivity index (χ1n) is 8.77. The van der Waals surface area contributed by atoms with Gasteiger partial charge in [-0.3, -0.25) is 4.90 Å². The van der Waals surface area contributed by atoms with Crippen LogP contribution in [0.15, 0.2) is 0 Å². The van der Waals surface area contributed by atoms with Crippen LogP contribution in [0.4, 0.5) is 0 Å². The van der Waals surface area contributed by atoms with Crippen molar-refractivity contribution >= 4 is 0 Å². The minimum absolute atomic E-state index is 0.396. The fourth-order valence-corrected chi connectivity index (χ4v) is 3.80. The van der Waals surface area contributed by atoms with Gasteiger partial charge in [-0.1, -0.05) is 13.8 Å². The minimum Gasteiger partial charge on any atom is -0.375 e. The molecule has 0 aromatic rings. The van der Waals surface area contributed by atoms with Crippen molar-refractivity contribution in [3.8, 4) is 0 Å². The van der Waals surface area contributed by atoms with Gasteiger partial charge in [-0.15, -0.1) is 0 Å². The molecule has 2 heterocycles. The summed E-state index contributed by atoms with van der Waals surface area (Å²) in [6.45, 7) is 15.1. The van der Waals surface area contributed by atoms with E-state index in [0.717, 1.165) is 19.4 Å². The number of ether oxygens (including phenoxy) is 1. The van der Waals surface area contributed by atoms with Gasteiger partial charge >= 0.3 is 0 Å². The molecule has 0 saturated carbocycles. The van der Waals surface area contributed by atoms with Gasteiger partial charge in [0, 0.05) is 44.8 Å². The highest BCUT2D eigenvalue weighted by Gasteiger charge is 2.28. The predicted molar refractivity (Wildman–Crippen MR) is 88.7 cm³/mol. The van der Waals surface area contributed by atoms with Crippen LogP contribution in [0.1, 0.15) is 40.5 Å². The van der Waals surface area contributed by atoms with E-state index in [4.69, 9.17) is 4.74 Å². The van der Waals surface area contributed by atoms with Crippen LogP contribution in [-0.4, -0.2) is 73.9 Å². The zero-order valence-corrected chi connectivity index (χ0v) is 14.6. The Hall–Kier alpha value is -0.160. The lowest BCUT2D eigenvalue weighted by molar-refractivity contribution is -0.0434. The largest absolute Gasteiger partial charge is 0.375 e. The van der Waals surface area contributed by atoms with Gasteiger partial charge in [0.25, 0.3) is 0 Å². The lowest BCUT2D eigenvalue weighted by Crippen LogP contribution is -2.55. The second kappa shape index (κ2) is 7.91. The van der Waals surface area contributed by atoms with Gasteiger partial charge in [-0.2, -0.15) is 0 Å². The number of rotatable bonds is 5. The van der Waals surface area contributed by atoms with E-state index in [1.807, 2.05) is 0 Å². The maximum Gasteiger partial charge on any atom is 0.0565 e. The second-order valence-electron chi connectivity index (χ2n) is 7.48. The van der Waals surface area contributed by atoms with Crippen LogP contribution in [0.3, 0.4) is 0 Å². The van der Waals surface area contributed by atoms with Crippen molar-refractivity contribution in [3.05, 3.63) is 0 Å². The molecule has 0 amide bonds. The first-order chi connectivity index (χ1) is 9.95. The highest BCUT2D eigenvalue weighted by atomic mass is 16.5. The van der Waals surface area contributed by atoms with Crippen LogP contribution in [-0.2, 0) is 4.74 Å². The normalized spacial score (nSPS) is 34.3. The third-order valence-corrected chi connectivity index (χ3v) is 5.09. The van der Waals surface area contributed by atoms with Crippen LogP contribution in [0.5, 0.6) is 0 Å². The van der Waals surface area contributed by atoms with Crippen molar-refractivity contribution < 1.29 is 4.74 Å². The second-order valence-corrected chi connectivity index (χ2v) is 7.48. The average molecular weight is 297 g/mol. The molecular formula is C17H35N3O. The molecule has 124 valence electrons. The summed E-state index contributed by atoms with van der Waals surface area (Å²) in [7, 11) is 2.23. The van der Waals surface area contributed by atoms with Gasteiger partial charge in [-0.05, 0) is 39.7 Å². The molecule has 0 aromatic heterocycles. The monoisotopic (exact) mass is 297 g/mol. The zero-order chi connectivity index (χ0) is 15.4. The summed E-state index contributed by atoms with van der Waals surface area (Å²) in [4.78, 5) is 5.12. The molecule has 2 rings (SSSR count). The topological polar surface area (TPSA) is 27.7 Å². The fourth-order valence-electron chi connectivity index (χ4n) is 3.80. The SMILES string of the molecule is CC1CC(NCC(C(C)C)N2CCN(C)CC2)CC(C)O1. The molecule has 2 aliphatic rings. The molecule has 2 aliphatic heterocycles. The summed E-state index contributed by atoms with van der Waals surface area (Å²) < 4.78 is 5.84. The molecule has 1 N–H and O–H groups in total. The number of likely N-dealkylation sites (N-methyl/N-ethyl adjacent to an activating group) is 1. The molecule has 4 heteroatoms. The summed E-state index contributed by atoms with van der Waals surface area (Å²) in [6, 6.07) is 1.28. The zero-order valence-electron chi connectivity index (χ0n) is 14.6. The van der Waals surface area contributed by atoms with E-state index in [-0.39, 0.29) is 0 Å². The van der Waals surface area contributed by atoms with Crippen molar-refractivity contribution in [2.24, 2.45) is 5.92 Å². The Morgan fingerprint density at radius 2 is 1.62 bits per heavy atom. The number of piperazine rings is 1. The number of nitrogens with one attached hydrogen (secondary N) is 1. The quantitative estimate of drug-likeness (QED) is 0.837. The van der Waals surface area contributed by atoms with Crippen LogP contribution < -0.4 is 5.32 Å². The minimum atomic E-state index is 0.396. The van der Waals surface area contributed by atoms with Gasteiger partial charge in [-0.25, -0.2) is 0 Å². The van der Waals surface area contributed by atoms with Crippen LogP contribution in [0.25, 0.3) is 0 Å². The maximum absolute atomic E-state index is 5.84. The molecule has 0 aliphatic carbocycles. The Morgan fingerprint density at radius 1 is 1.05 bits per heavy atom. The molecule has 0 aromatic carbocycles. The van der Waals surface area contributed by atoms with Gasteiger partial charge < -0.3 is 15.0 Å². The summed E-state index contributed by atoms with van der Waals surface area (Å²) in [6.07, 6.45) is 3.09. The highest BCUT2D eigenvalue weighted by molar-refractivity contribution is 4.85. The fraction of sp³-hybridized carbons (Fsp3) is 1.00. The van der Waals surface area contributed by atoms with E-state index in [0.29, 0.717) is 30.2 Å². The number of nitrogens with zero attached hydrogens (tertiary/aromatic N) is 2. The van der Waals surface area contributed by atoms with Gasteiger partial charge in [0.1, 0.15) is 0 Å². The van der Waals surface area contributed by atoms with E-state index in [1.165, 1.54) is 26.2 Å². The average Bonchev–Trinajstić information content (AvgIpc) is 2.39. The van der Waals surface area contributed by atoms with Crippen molar-refractivity contribution in [1.82, 2.24) is 15.1 Å². The van der Waals surface area contributed by atoms with Crippen molar-refractivity contribution in [1.29, 1.82) is 0 Å². The predicted octanol–water partition coefficient (Wildman–Crippen LogP) is 1.80.